The van der Waals surface area contributed by atoms with Crippen LogP contribution in [0, 0.1) is 6.92 Å². The van der Waals surface area contributed by atoms with E-state index in [0.29, 0.717) is 0 Å². The van der Waals surface area contributed by atoms with Crippen LogP contribution in [0.2, 0.25) is 0 Å². The molecule has 1 unspecified atom stereocenters. The highest BCUT2D eigenvalue weighted by Crippen LogP contribution is 2.34. The zero-order chi connectivity index (χ0) is 11.1. The van der Waals surface area contributed by atoms with Crippen molar-refractivity contribution in [1.29, 1.82) is 0 Å². The Morgan fingerprint density at radius 3 is 2.67 bits per heavy atom. The largest absolute Gasteiger partial charge is 0.378 e. The van der Waals surface area contributed by atoms with E-state index in [1.807, 2.05) is 38.4 Å². The number of thiophene rings is 1. The van der Waals surface area contributed by atoms with Crippen molar-refractivity contribution in [3.05, 3.63) is 39.8 Å². The van der Waals surface area contributed by atoms with Crippen LogP contribution in [-0.2, 0) is 12.6 Å². The number of aryl methyl sites for hydroxylation is 2. The van der Waals surface area contributed by atoms with Crippen molar-refractivity contribution in [3.8, 4) is 0 Å². The van der Waals surface area contributed by atoms with Gasteiger partial charge in [0, 0.05) is 18.1 Å². The molecule has 4 heteroatoms. The summed E-state index contributed by atoms with van der Waals surface area (Å²) in [4.78, 5) is 0.978. The fourth-order valence-electron chi connectivity index (χ4n) is 1.84. The summed E-state index contributed by atoms with van der Waals surface area (Å²) < 4.78 is 1.71. The lowest BCUT2D eigenvalue weighted by molar-refractivity contribution is 0.0962. The molecule has 15 heavy (non-hydrogen) atoms. The number of rotatable bonds is 2. The van der Waals surface area contributed by atoms with E-state index in [0.717, 1.165) is 16.1 Å². The Bertz CT molecular complexity index is 428. The molecule has 0 amide bonds. The maximum Gasteiger partial charge on any atom is 0.138 e. The van der Waals surface area contributed by atoms with E-state index in [9.17, 15) is 5.11 Å². The Labute approximate surface area is 93.0 Å². The molecule has 2 aromatic heterocycles. The molecule has 1 atom stereocenters. The van der Waals surface area contributed by atoms with Gasteiger partial charge in [-0.05, 0) is 36.9 Å². The van der Waals surface area contributed by atoms with Crippen LogP contribution in [0.25, 0.3) is 0 Å². The van der Waals surface area contributed by atoms with E-state index in [-0.39, 0.29) is 0 Å². The molecule has 0 spiro atoms. The molecular weight excluding hydrogens is 208 g/mol. The van der Waals surface area contributed by atoms with Gasteiger partial charge < -0.3 is 5.11 Å². The van der Waals surface area contributed by atoms with Crippen LogP contribution in [0.15, 0.2) is 23.7 Å². The Hall–Kier alpha value is -1.13. The number of hydrogen-bond acceptors (Lipinski definition) is 3. The van der Waals surface area contributed by atoms with E-state index in [2.05, 4.69) is 5.10 Å². The zero-order valence-electron chi connectivity index (χ0n) is 9.06. The van der Waals surface area contributed by atoms with Crippen LogP contribution in [0.4, 0.5) is 0 Å². The summed E-state index contributed by atoms with van der Waals surface area (Å²) in [7, 11) is 1.84. The Morgan fingerprint density at radius 2 is 2.20 bits per heavy atom. The third-order valence-corrected chi connectivity index (χ3v) is 3.85. The minimum Gasteiger partial charge on any atom is -0.378 e. The summed E-state index contributed by atoms with van der Waals surface area (Å²) in [5.41, 5.74) is 0.975. The lowest BCUT2D eigenvalue weighted by Crippen LogP contribution is -2.25. The molecule has 0 aromatic carbocycles. The van der Waals surface area contributed by atoms with E-state index in [1.54, 1.807) is 22.2 Å². The smallest absolute Gasteiger partial charge is 0.138 e. The molecule has 0 aliphatic carbocycles. The van der Waals surface area contributed by atoms with Gasteiger partial charge in [0.25, 0.3) is 0 Å². The van der Waals surface area contributed by atoms with Crippen LogP contribution in [0.5, 0.6) is 0 Å². The molecule has 0 aliphatic rings. The second-order valence-corrected chi connectivity index (χ2v) is 4.76. The molecule has 0 saturated heterocycles. The van der Waals surface area contributed by atoms with Gasteiger partial charge in [-0.2, -0.15) is 5.10 Å². The van der Waals surface area contributed by atoms with Gasteiger partial charge in [-0.1, -0.05) is 0 Å². The molecule has 2 rings (SSSR count). The van der Waals surface area contributed by atoms with E-state index in [4.69, 9.17) is 0 Å². The van der Waals surface area contributed by atoms with Crippen molar-refractivity contribution in [3.63, 3.8) is 0 Å². The minimum absolute atomic E-state index is 0.813. The van der Waals surface area contributed by atoms with Crippen molar-refractivity contribution in [2.75, 3.05) is 0 Å². The van der Waals surface area contributed by atoms with E-state index < -0.39 is 5.60 Å². The highest BCUT2D eigenvalue weighted by molar-refractivity contribution is 7.10. The standard InChI is InChI=1S/C11H14N2OS/c1-8-5-7-15-10(8)11(2,14)9-4-6-12-13(9)3/h4-7,14H,1-3H3. The topological polar surface area (TPSA) is 38.1 Å². The molecule has 1 N–H and O–H groups in total. The van der Waals surface area contributed by atoms with Crippen LogP contribution in [-0.4, -0.2) is 14.9 Å². The summed E-state index contributed by atoms with van der Waals surface area (Å²) in [6.07, 6.45) is 1.70. The van der Waals surface area contributed by atoms with Gasteiger partial charge in [-0.3, -0.25) is 4.68 Å². The van der Waals surface area contributed by atoms with Crippen molar-refractivity contribution in [2.45, 2.75) is 19.4 Å². The van der Waals surface area contributed by atoms with E-state index in [1.165, 1.54) is 0 Å². The van der Waals surface area contributed by atoms with Crippen molar-refractivity contribution in [2.24, 2.45) is 7.05 Å². The Morgan fingerprint density at radius 1 is 1.47 bits per heavy atom. The fraction of sp³-hybridized carbons (Fsp3) is 0.364. The van der Waals surface area contributed by atoms with Gasteiger partial charge in [0.15, 0.2) is 0 Å². The Balaban J connectivity index is 2.53. The third-order valence-electron chi connectivity index (χ3n) is 2.62. The SMILES string of the molecule is Cc1ccsc1C(C)(O)c1ccnn1C. The van der Waals surface area contributed by atoms with E-state index >= 15 is 0 Å². The first kappa shape index (κ1) is 10.4. The van der Waals surface area contributed by atoms with Crippen LogP contribution in [0.1, 0.15) is 23.1 Å². The molecule has 0 fully saturated rings. The van der Waals surface area contributed by atoms with Crippen molar-refractivity contribution in [1.82, 2.24) is 9.78 Å². The highest BCUT2D eigenvalue weighted by Gasteiger charge is 2.31. The average molecular weight is 222 g/mol. The highest BCUT2D eigenvalue weighted by atomic mass is 32.1. The molecule has 0 saturated carbocycles. The summed E-state index contributed by atoms with van der Waals surface area (Å²) >= 11 is 1.57. The summed E-state index contributed by atoms with van der Waals surface area (Å²) in [5.74, 6) is 0. The fourth-order valence-corrected chi connectivity index (χ4v) is 2.84. The van der Waals surface area contributed by atoms with Gasteiger partial charge >= 0.3 is 0 Å². The maximum absolute atomic E-state index is 10.5. The van der Waals surface area contributed by atoms with Gasteiger partial charge in [0.1, 0.15) is 5.60 Å². The minimum atomic E-state index is -0.955. The molecular formula is C11H14N2OS. The van der Waals surface area contributed by atoms with Gasteiger partial charge in [0.05, 0.1) is 5.69 Å². The Kier molecular flexibility index (Phi) is 2.40. The predicted molar refractivity (Wildman–Crippen MR) is 60.9 cm³/mol. The van der Waals surface area contributed by atoms with Gasteiger partial charge in [-0.25, -0.2) is 0 Å². The first-order chi connectivity index (χ1) is 7.03. The summed E-state index contributed by atoms with van der Waals surface area (Å²) in [5, 5.41) is 16.6. The third kappa shape index (κ3) is 1.60. The molecule has 0 radical (unpaired) electrons. The molecule has 0 bridgehead atoms. The molecule has 3 nitrogen and oxygen atoms in total. The van der Waals surface area contributed by atoms with Gasteiger partial charge in [-0.15, -0.1) is 11.3 Å². The van der Waals surface area contributed by atoms with Crippen LogP contribution < -0.4 is 0 Å². The molecule has 0 aliphatic heterocycles. The number of nitrogens with zero attached hydrogens (tertiary/aromatic N) is 2. The zero-order valence-corrected chi connectivity index (χ0v) is 9.88. The van der Waals surface area contributed by atoms with Crippen molar-refractivity contribution < 1.29 is 5.11 Å². The summed E-state index contributed by atoms with van der Waals surface area (Å²) in [6.45, 7) is 3.82. The molecule has 80 valence electrons. The van der Waals surface area contributed by atoms with Crippen LogP contribution in [0.3, 0.4) is 0 Å². The maximum atomic E-state index is 10.5. The lowest BCUT2D eigenvalue weighted by atomic mass is 9.97. The second kappa shape index (κ2) is 3.47. The molecule has 2 aromatic rings. The van der Waals surface area contributed by atoms with Crippen LogP contribution >= 0.6 is 11.3 Å². The van der Waals surface area contributed by atoms with Crippen molar-refractivity contribution >= 4 is 11.3 Å². The summed E-state index contributed by atoms with van der Waals surface area (Å²) in [6, 6.07) is 3.87. The normalized spacial score (nSPS) is 15.2. The number of hydrogen-bond donors (Lipinski definition) is 1. The number of aliphatic hydroxyl groups is 1. The van der Waals surface area contributed by atoms with Gasteiger partial charge in [0.2, 0.25) is 0 Å². The predicted octanol–water partition coefficient (Wildman–Crippen LogP) is 2.05. The second-order valence-electron chi connectivity index (χ2n) is 3.85. The number of aromatic nitrogens is 2. The quantitative estimate of drug-likeness (QED) is 0.844. The monoisotopic (exact) mass is 222 g/mol. The first-order valence-corrected chi connectivity index (χ1v) is 5.67. The first-order valence-electron chi connectivity index (χ1n) is 4.79. The average Bonchev–Trinajstić information content (AvgIpc) is 2.73. The molecule has 2 heterocycles. The lowest BCUT2D eigenvalue weighted by Gasteiger charge is -2.23.